The highest BCUT2D eigenvalue weighted by Gasteiger charge is 2.59. The zero-order chi connectivity index (χ0) is 24.3. The van der Waals surface area contributed by atoms with E-state index >= 15 is 0 Å². The molecule has 3 saturated heterocycles. The fourth-order valence-electron chi connectivity index (χ4n) is 5.34. The number of nitrogens with zero attached hydrogens (tertiary/aromatic N) is 2. The van der Waals surface area contributed by atoms with Crippen LogP contribution in [0.4, 0.5) is 5.69 Å². The van der Waals surface area contributed by atoms with Crippen LogP contribution < -0.4 is 16.2 Å². The van der Waals surface area contributed by atoms with E-state index in [1.807, 2.05) is 0 Å². The number of para-hydroxylation sites is 1. The molecule has 34 heavy (non-hydrogen) atoms. The Hall–Kier alpha value is -2.96. The second kappa shape index (κ2) is 8.07. The highest BCUT2D eigenvalue weighted by molar-refractivity contribution is 7.97. The highest BCUT2D eigenvalue weighted by atomic mass is 32.3. The van der Waals surface area contributed by atoms with Crippen LogP contribution in [-0.2, 0) is 33.5 Å². The van der Waals surface area contributed by atoms with Gasteiger partial charge in [0.05, 0.1) is 17.7 Å². The molecule has 3 aliphatic heterocycles. The first-order valence-corrected chi connectivity index (χ1v) is 12.9. The van der Waals surface area contributed by atoms with Gasteiger partial charge in [-0.15, -0.1) is 4.21 Å². The maximum absolute atomic E-state index is 13.4. The lowest BCUT2D eigenvalue weighted by molar-refractivity contribution is -0.136. The van der Waals surface area contributed by atoms with E-state index in [9.17, 15) is 27.9 Å². The van der Waals surface area contributed by atoms with Crippen LogP contribution >= 0.6 is 0 Å². The third-order valence-corrected chi connectivity index (χ3v) is 8.92. The Labute approximate surface area is 195 Å². The van der Waals surface area contributed by atoms with Crippen LogP contribution in [0.5, 0.6) is 0 Å². The van der Waals surface area contributed by atoms with Crippen molar-refractivity contribution in [3.05, 3.63) is 34.4 Å². The van der Waals surface area contributed by atoms with Gasteiger partial charge in [0.1, 0.15) is 34.3 Å². The van der Waals surface area contributed by atoms with Crippen molar-refractivity contribution in [2.45, 2.75) is 32.2 Å². The summed E-state index contributed by atoms with van der Waals surface area (Å²) in [4.78, 5) is 55.1. The summed E-state index contributed by atoms with van der Waals surface area (Å²) in [6.45, 7) is 2.08. The lowest BCUT2D eigenvalue weighted by Gasteiger charge is -2.34. The van der Waals surface area contributed by atoms with Crippen LogP contribution in [0.1, 0.15) is 31.1 Å². The number of carbonyl (C=O) groups excluding carboxylic acids is 3. The Kier molecular flexibility index (Phi) is 5.41. The summed E-state index contributed by atoms with van der Waals surface area (Å²) in [5, 5.41) is 5.28. The van der Waals surface area contributed by atoms with Gasteiger partial charge in [0.15, 0.2) is 0 Å². The van der Waals surface area contributed by atoms with Crippen molar-refractivity contribution in [3.8, 4) is 0 Å². The number of amides is 3. The summed E-state index contributed by atoms with van der Waals surface area (Å²) in [6.07, 6.45) is 0.601. The molecule has 3 aliphatic rings. The van der Waals surface area contributed by atoms with Crippen molar-refractivity contribution < 1.29 is 27.9 Å². The van der Waals surface area contributed by atoms with E-state index in [1.54, 1.807) is 25.1 Å². The number of anilines is 1. The largest absolute Gasteiger partial charge is 0.615 e. The number of imide groups is 1. The molecular formula is C22H24N4O7S. The Morgan fingerprint density at radius 3 is 2.91 bits per heavy atom. The number of benzene rings is 1. The summed E-state index contributed by atoms with van der Waals surface area (Å²) in [5.74, 6) is -1.86. The summed E-state index contributed by atoms with van der Waals surface area (Å²) in [6, 6.07) is 3.90. The standard InChI is InChI=1S/C22H24N4O7S/c1-12-23-18-14(20(29)26(12)16-5-6-17(27)25-19(16)28)3-2-4-15(18)24-21(30)22-7-8-33-9-13(22)10-34(31,32)11-22/h2-4,13,16H,5-11H2,1H3,(H2-,24,25,27,28,30,31,32)/t13-,16?,22-/m1/s1. The number of hydrogen-bond donors (Lipinski definition) is 2. The van der Waals surface area contributed by atoms with Crippen molar-refractivity contribution in [1.29, 1.82) is 0 Å². The monoisotopic (exact) mass is 488 g/mol. The molecule has 11 nitrogen and oxygen atoms in total. The molecule has 2 aromatic rings. The SMILES string of the molecule is Cc1nc2c(NC(=O)[C@@]34CCOC[C@@H]3C[S+](=O)([O-])C4)cccc2c(=O)n1C1CCC(=O)NC1=O. The van der Waals surface area contributed by atoms with Gasteiger partial charge in [-0.1, -0.05) is 6.07 Å². The van der Waals surface area contributed by atoms with Crippen LogP contribution in [0, 0.1) is 18.3 Å². The van der Waals surface area contributed by atoms with Crippen LogP contribution in [0.15, 0.2) is 23.0 Å². The molecule has 1 aromatic carbocycles. The number of aryl methyl sites for hydroxylation is 1. The first-order chi connectivity index (χ1) is 16.1. The summed E-state index contributed by atoms with van der Waals surface area (Å²) in [7, 11) is -3.38. The zero-order valence-corrected chi connectivity index (χ0v) is 19.3. The molecule has 12 heteroatoms. The van der Waals surface area contributed by atoms with Crippen molar-refractivity contribution in [2.75, 3.05) is 30.0 Å². The van der Waals surface area contributed by atoms with Gasteiger partial charge < -0.3 is 14.6 Å². The Bertz CT molecular complexity index is 1340. The molecule has 3 amide bonds. The first-order valence-electron chi connectivity index (χ1n) is 11.1. The average molecular weight is 489 g/mol. The van der Waals surface area contributed by atoms with Gasteiger partial charge in [-0.2, -0.15) is 0 Å². The number of piperidine rings is 1. The number of fused-ring (bicyclic) bond motifs is 2. The molecular weight excluding hydrogens is 464 g/mol. The number of nitrogens with one attached hydrogen (secondary N) is 2. The minimum atomic E-state index is -3.38. The van der Waals surface area contributed by atoms with Crippen LogP contribution in [0.25, 0.3) is 10.9 Å². The van der Waals surface area contributed by atoms with E-state index in [0.717, 1.165) is 0 Å². The molecule has 0 saturated carbocycles. The summed E-state index contributed by atoms with van der Waals surface area (Å²) < 4.78 is 31.4. The highest BCUT2D eigenvalue weighted by Crippen LogP contribution is 2.46. The predicted octanol–water partition coefficient (Wildman–Crippen LogP) is 0.288. The number of hydrogen-bond acceptors (Lipinski definition) is 8. The molecule has 180 valence electrons. The fourth-order valence-corrected chi connectivity index (χ4v) is 7.78. The number of aromatic nitrogens is 2. The molecule has 2 unspecified atom stereocenters. The van der Waals surface area contributed by atoms with Crippen molar-refractivity contribution >= 4 is 44.5 Å². The van der Waals surface area contributed by atoms with E-state index in [-0.39, 0.29) is 53.6 Å². The van der Waals surface area contributed by atoms with Crippen LogP contribution in [0.3, 0.4) is 0 Å². The molecule has 2 N–H and O–H groups in total. The van der Waals surface area contributed by atoms with Gasteiger partial charge in [-0.25, -0.2) is 4.98 Å². The molecule has 0 bridgehead atoms. The second-order valence-electron chi connectivity index (χ2n) is 9.19. The molecule has 0 spiro atoms. The molecule has 0 radical (unpaired) electrons. The van der Waals surface area contributed by atoms with E-state index in [4.69, 9.17) is 4.74 Å². The zero-order valence-electron chi connectivity index (χ0n) is 18.5. The summed E-state index contributed by atoms with van der Waals surface area (Å²) >= 11 is 0. The third kappa shape index (κ3) is 3.65. The minimum Gasteiger partial charge on any atom is -0.615 e. The number of ether oxygens (including phenoxy) is 1. The second-order valence-corrected chi connectivity index (χ2v) is 11.3. The molecule has 0 aliphatic carbocycles. The lowest BCUT2D eigenvalue weighted by atomic mass is 9.73. The number of rotatable bonds is 3. The van der Waals surface area contributed by atoms with E-state index in [1.165, 1.54) is 4.57 Å². The topological polar surface area (TPSA) is 160 Å². The van der Waals surface area contributed by atoms with Gasteiger partial charge in [0.25, 0.3) is 5.56 Å². The predicted molar refractivity (Wildman–Crippen MR) is 121 cm³/mol. The summed E-state index contributed by atoms with van der Waals surface area (Å²) in [5.41, 5.74) is -1.00. The molecule has 1 aromatic heterocycles. The van der Waals surface area contributed by atoms with Gasteiger partial charge in [-0.3, -0.25) is 29.1 Å². The quantitative estimate of drug-likeness (QED) is 0.460. The molecule has 5 rings (SSSR count). The fraction of sp³-hybridized carbons (Fsp3) is 0.500. The first kappa shape index (κ1) is 22.8. The van der Waals surface area contributed by atoms with E-state index in [2.05, 4.69) is 15.6 Å². The lowest BCUT2D eigenvalue weighted by Crippen LogP contribution is -2.47. The number of carbonyl (C=O) groups is 3. The Morgan fingerprint density at radius 1 is 1.35 bits per heavy atom. The van der Waals surface area contributed by atoms with Gasteiger partial charge >= 0.3 is 0 Å². The Balaban J connectivity index is 1.52. The van der Waals surface area contributed by atoms with Crippen LogP contribution in [0.2, 0.25) is 0 Å². The minimum absolute atomic E-state index is 0.0933. The smallest absolute Gasteiger partial charge is 0.262 e. The van der Waals surface area contributed by atoms with Crippen molar-refractivity contribution in [3.63, 3.8) is 0 Å². The van der Waals surface area contributed by atoms with Crippen molar-refractivity contribution in [1.82, 2.24) is 14.9 Å². The number of sulfone groups is 1. The van der Waals surface area contributed by atoms with E-state index < -0.39 is 45.0 Å². The Morgan fingerprint density at radius 2 is 2.15 bits per heavy atom. The maximum atomic E-state index is 13.4. The van der Waals surface area contributed by atoms with Gasteiger partial charge in [0.2, 0.25) is 17.7 Å². The van der Waals surface area contributed by atoms with Crippen LogP contribution in [-0.4, -0.2) is 56.5 Å². The maximum Gasteiger partial charge on any atom is 0.262 e. The van der Waals surface area contributed by atoms with Crippen molar-refractivity contribution in [2.24, 2.45) is 11.3 Å². The normalized spacial score (nSPS) is 31.2. The van der Waals surface area contributed by atoms with Gasteiger partial charge in [-0.05, 0) is 31.9 Å². The molecule has 4 atom stereocenters. The third-order valence-electron chi connectivity index (χ3n) is 7.06. The van der Waals surface area contributed by atoms with E-state index in [0.29, 0.717) is 18.7 Å². The molecule has 4 heterocycles. The average Bonchev–Trinajstić information content (AvgIpc) is 3.07. The van der Waals surface area contributed by atoms with Gasteiger partial charge in [0, 0.05) is 29.2 Å². The molecule has 3 fully saturated rings.